The Bertz CT molecular complexity index is 364. The molecule has 2 N–H and O–H groups in total. The molecule has 4 nitrogen and oxygen atoms in total. The van der Waals surface area contributed by atoms with Gasteiger partial charge in [0.25, 0.3) is 0 Å². The van der Waals surface area contributed by atoms with Crippen LogP contribution in [0.5, 0.6) is 5.75 Å². The lowest BCUT2D eigenvalue weighted by molar-refractivity contribution is 0.0724. The topological polar surface area (TPSA) is 50.7 Å². The Morgan fingerprint density at radius 3 is 2.94 bits per heavy atom. The Morgan fingerprint density at radius 1 is 1.44 bits per heavy atom. The molecule has 18 heavy (non-hydrogen) atoms. The van der Waals surface area contributed by atoms with E-state index in [1.54, 1.807) is 7.11 Å². The van der Waals surface area contributed by atoms with Crippen molar-refractivity contribution in [3.05, 3.63) is 29.8 Å². The molecule has 1 aromatic rings. The fraction of sp³-hybridized carbons (Fsp3) is 0.571. The highest BCUT2D eigenvalue weighted by Gasteiger charge is 2.15. The van der Waals surface area contributed by atoms with E-state index in [-0.39, 0.29) is 0 Å². The standard InChI is InChI=1S/C14H21NO3/c1-17-13-4-2-3-11(9-13)14(16)10-15-12-5-7-18-8-6-12/h2-4,9,12,14-16H,5-8,10H2,1H3. The van der Waals surface area contributed by atoms with Gasteiger partial charge in [0.2, 0.25) is 0 Å². The molecule has 4 heteroatoms. The first-order valence-corrected chi connectivity index (χ1v) is 6.42. The number of ether oxygens (including phenoxy) is 2. The maximum Gasteiger partial charge on any atom is 0.119 e. The van der Waals surface area contributed by atoms with Crippen LogP contribution in [-0.4, -0.2) is 38.0 Å². The van der Waals surface area contributed by atoms with Gasteiger partial charge in [-0.3, -0.25) is 0 Å². The van der Waals surface area contributed by atoms with Gasteiger partial charge >= 0.3 is 0 Å². The van der Waals surface area contributed by atoms with E-state index >= 15 is 0 Å². The van der Waals surface area contributed by atoms with E-state index < -0.39 is 6.10 Å². The van der Waals surface area contributed by atoms with Gasteiger partial charge in [-0.1, -0.05) is 12.1 Å². The summed E-state index contributed by atoms with van der Waals surface area (Å²) in [6.45, 7) is 2.19. The predicted octanol–water partition coefficient (Wildman–Crippen LogP) is 1.50. The van der Waals surface area contributed by atoms with Crippen molar-refractivity contribution >= 4 is 0 Å². The summed E-state index contributed by atoms with van der Waals surface area (Å²) in [5.41, 5.74) is 0.883. The van der Waals surface area contributed by atoms with Gasteiger partial charge < -0.3 is 19.9 Å². The Morgan fingerprint density at radius 2 is 2.22 bits per heavy atom. The van der Waals surface area contributed by atoms with Gasteiger partial charge in [-0.25, -0.2) is 0 Å². The summed E-state index contributed by atoms with van der Waals surface area (Å²) in [5.74, 6) is 0.776. The quantitative estimate of drug-likeness (QED) is 0.832. The van der Waals surface area contributed by atoms with Crippen LogP contribution in [0.3, 0.4) is 0 Å². The number of methoxy groups -OCH3 is 1. The fourth-order valence-corrected chi connectivity index (χ4v) is 2.15. The van der Waals surface area contributed by atoms with Gasteiger partial charge in [0.15, 0.2) is 0 Å². The third kappa shape index (κ3) is 3.70. The van der Waals surface area contributed by atoms with Crippen LogP contribution in [0.25, 0.3) is 0 Å². The Hall–Kier alpha value is -1.10. The summed E-state index contributed by atoms with van der Waals surface area (Å²) in [7, 11) is 1.63. The second-order valence-corrected chi connectivity index (χ2v) is 4.59. The van der Waals surface area contributed by atoms with Gasteiger partial charge in [-0.05, 0) is 30.5 Å². The first kappa shape index (κ1) is 13.3. The number of nitrogens with one attached hydrogen (secondary N) is 1. The van der Waals surface area contributed by atoms with Crippen molar-refractivity contribution in [3.63, 3.8) is 0 Å². The van der Waals surface area contributed by atoms with Gasteiger partial charge in [0, 0.05) is 25.8 Å². The zero-order chi connectivity index (χ0) is 12.8. The number of aliphatic hydroxyl groups excluding tert-OH is 1. The molecular formula is C14H21NO3. The Labute approximate surface area is 108 Å². The first-order chi connectivity index (χ1) is 8.79. The molecule has 1 atom stereocenters. The van der Waals surface area contributed by atoms with E-state index in [4.69, 9.17) is 9.47 Å². The minimum Gasteiger partial charge on any atom is -0.497 e. The molecule has 0 bridgehead atoms. The van der Waals surface area contributed by atoms with Crippen LogP contribution in [0.2, 0.25) is 0 Å². The van der Waals surface area contributed by atoms with Crippen LogP contribution < -0.4 is 10.1 Å². The van der Waals surface area contributed by atoms with E-state index in [9.17, 15) is 5.11 Å². The summed E-state index contributed by atoms with van der Waals surface area (Å²) in [6.07, 6.45) is 1.54. The summed E-state index contributed by atoms with van der Waals surface area (Å²) >= 11 is 0. The van der Waals surface area contributed by atoms with E-state index in [0.717, 1.165) is 37.4 Å². The number of aliphatic hydroxyl groups is 1. The van der Waals surface area contributed by atoms with E-state index in [1.807, 2.05) is 24.3 Å². The Balaban J connectivity index is 1.84. The predicted molar refractivity (Wildman–Crippen MR) is 69.8 cm³/mol. The van der Waals surface area contributed by atoms with Crippen LogP contribution in [0.15, 0.2) is 24.3 Å². The maximum absolute atomic E-state index is 10.1. The summed E-state index contributed by atoms with van der Waals surface area (Å²) in [4.78, 5) is 0. The van der Waals surface area contributed by atoms with Crippen LogP contribution in [0, 0.1) is 0 Å². The molecule has 1 unspecified atom stereocenters. The third-order valence-electron chi connectivity index (χ3n) is 3.30. The van der Waals surface area contributed by atoms with Crippen molar-refractivity contribution in [2.75, 3.05) is 26.9 Å². The van der Waals surface area contributed by atoms with Crippen molar-refractivity contribution in [2.45, 2.75) is 25.0 Å². The van der Waals surface area contributed by atoms with Crippen molar-refractivity contribution < 1.29 is 14.6 Å². The first-order valence-electron chi connectivity index (χ1n) is 6.42. The molecule has 0 aliphatic carbocycles. The lowest BCUT2D eigenvalue weighted by Gasteiger charge is -2.24. The molecule has 0 amide bonds. The zero-order valence-electron chi connectivity index (χ0n) is 10.8. The molecule has 1 aliphatic heterocycles. The largest absolute Gasteiger partial charge is 0.497 e. The molecular weight excluding hydrogens is 230 g/mol. The van der Waals surface area contributed by atoms with E-state index in [2.05, 4.69) is 5.32 Å². The highest BCUT2D eigenvalue weighted by atomic mass is 16.5. The van der Waals surface area contributed by atoms with Crippen molar-refractivity contribution in [2.24, 2.45) is 0 Å². The number of benzene rings is 1. The normalized spacial score (nSPS) is 18.6. The number of hydrogen-bond acceptors (Lipinski definition) is 4. The van der Waals surface area contributed by atoms with Crippen LogP contribution in [0.4, 0.5) is 0 Å². The van der Waals surface area contributed by atoms with Gasteiger partial charge in [-0.2, -0.15) is 0 Å². The molecule has 2 rings (SSSR count). The third-order valence-corrected chi connectivity index (χ3v) is 3.30. The molecule has 1 heterocycles. The molecule has 1 aromatic carbocycles. The zero-order valence-corrected chi connectivity index (χ0v) is 10.8. The molecule has 0 aromatic heterocycles. The lowest BCUT2D eigenvalue weighted by Crippen LogP contribution is -2.37. The second kappa shape index (κ2) is 6.73. The molecule has 0 radical (unpaired) electrons. The van der Waals surface area contributed by atoms with Crippen LogP contribution >= 0.6 is 0 Å². The summed E-state index contributed by atoms with van der Waals surface area (Å²) in [5, 5.41) is 13.5. The van der Waals surface area contributed by atoms with Gasteiger partial charge in [-0.15, -0.1) is 0 Å². The molecule has 100 valence electrons. The molecule has 1 fully saturated rings. The summed E-state index contributed by atoms with van der Waals surface area (Å²) in [6, 6.07) is 8.02. The lowest BCUT2D eigenvalue weighted by atomic mass is 10.1. The smallest absolute Gasteiger partial charge is 0.119 e. The molecule has 1 aliphatic rings. The Kier molecular flexibility index (Phi) is 4.99. The monoisotopic (exact) mass is 251 g/mol. The molecule has 0 spiro atoms. The number of rotatable bonds is 5. The number of hydrogen-bond donors (Lipinski definition) is 2. The SMILES string of the molecule is COc1cccc(C(O)CNC2CCOCC2)c1. The van der Waals surface area contributed by atoms with Gasteiger partial charge in [0.05, 0.1) is 13.2 Å². The van der Waals surface area contributed by atoms with Crippen molar-refractivity contribution in [1.82, 2.24) is 5.32 Å². The van der Waals surface area contributed by atoms with E-state index in [1.165, 1.54) is 0 Å². The minimum absolute atomic E-state index is 0.457. The van der Waals surface area contributed by atoms with Crippen molar-refractivity contribution in [1.29, 1.82) is 0 Å². The second-order valence-electron chi connectivity index (χ2n) is 4.59. The highest BCUT2D eigenvalue weighted by molar-refractivity contribution is 5.29. The average molecular weight is 251 g/mol. The van der Waals surface area contributed by atoms with Crippen LogP contribution in [-0.2, 0) is 4.74 Å². The fourth-order valence-electron chi connectivity index (χ4n) is 2.15. The molecule has 0 saturated carbocycles. The highest BCUT2D eigenvalue weighted by Crippen LogP contribution is 2.19. The van der Waals surface area contributed by atoms with Crippen LogP contribution in [0.1, 0.15) is 24.5 Å². The molecule has 1 saturated heterocycles. The minimum atomic E-state index is -0.497. The maximum atomic E-state index is 10.1. The van der Waals surface area contributed by atoms with Crippen molar-refractivity contribution in [3.8, 4) is 5.75 Å². The summed E-state index contributed by atoms with van der Waals surface area (Å²) < 4.78 is 10.5. The van der Waals surface area contributed by atoms with Gasteiger partial charge in [0.1, 0.15) is 5.75 Å². The van der Waals surface area contributed by atoms with E-state index in [0.29, 0.717) is 12.6 Å². The average Bonchev–Trinajstić information content (AvgIpc) is 2.46.